The van der Waals surface area contributed by atoms with Gasteiger partial charge in [0.15, 0.2) is 0 Å². The highest BCUT2D eigenvalue weighted by Crippen LogP contribution is 2.17. The monoisotopic (exact) mass is 282 g/mol. The first-order valence-electron chi connectivity index (χ1n) is 7.14. The maximum atomic E-state index is 12.5. The van der Waals surface area contributed by atoms with E-state index in [1.165, 1.54) is 0 Å². The molecule has 0 fully saturated rings. The SMILES string of the molecule is CC(C)CCn1ccn2nc(-c3ccncc3)cc2c1=O. The molecule has 3 aromatic rings. The highest BCUT2D eigenvalue weighted by Gasteiger charge is 2.09. The lowest BCUT2D eigenvalue weighted by Crippen LogP contribution is -2.21. The van der Waals surface area contributed by atoms with Crippen LogP contribution in [0, 0.1) is 5.92 Å². The van der Waals surface area contributed by atoms with Crippen LogP contribution in [0.2, 0.25) is 0 Å². The van der Waals surface area contributed by atoms with Gasteiger partial charge in [0, 0.05) is 36.9 Å². The Hall–Kier alpha value is -2.43. The van der Waals surface area contributed by atoms with Crippen LogP contribution in [-0.4, -0.2) is 19.2 Å². The van der Waals surface area contributed by atoms with Gasteiger partial charge in [-0.25, -0.2) is 4.52 Å². The zero-order valence-electron chi connectivity index (χ0n) is 12.2. The Kier molecular flexibility index (Phi) is 3.56. The molecule has 5 nitrogen and oxygen atoms in total. The number of hydrogen-bond acceptors (Lipinski definition) is 3. The summed E-state index contributed by atoms with van der Waals surface area (Å²) in [5, 5.41) is 4.46. The Bertz CT molecular complexity index is 802. The van der Waals surface area contributed by atoms with Gasteiger partial charge in [0.1, 0.15) is 5.52 Å². The second-order valence-electron chi connectivity index (χ2n) is 5.57. The van der Waals surface area contributed by atoms with Crippen molar-refractivity contribution in [2.45, 2.75) is 26.8 Å². The molecule has 5 heteroatoms. The highest BCUT2D eigenvalue weighted by molar-refractivity contribution is 5.64. The summed E-state index contributed by atoms with van der Waals surface area (Å²) in [6, 6.07) is 5.61. The first kappa shape index (κ1) is 13.5. The maximum absolute atomic E-state index is 12.5. The van der Waals surface area contributed by atoms with Gasteiger partial charge in [-0.3, -0.25) is 9.78 Å². The number of pyridine rings is 1. The van der Waals surface area contributed by atoms with E-state index in [0.717, 1.165) is 24.2 Å². The molecule has 21 heavy (non-hydrogen) atoms. The van der Waals surface area contributed by atoms with Crippen molar-refractivity contribution in [3.8, 4) is 11.3 Å². The molecular weight excluding hydrogens is 264 g/mol. The summed E-state index contributed by atoms with van der Waals surface area (Å²) in [4.78, 5) is 16.5. The van der Waals surface area contributed by atoms with E-state index in [0.29, 0.717) is 11.4 Å². The van der Waals surface area contributed by atoms with Crippen LogP contribution in [0.25, 0.3) is 16.8 Å². The lowest BCUT2D eigenvalue weighted by Gasteiger charge is -2.07. The van der Waals surface area contributed by atoms with E-state index in [-0.39, 0.29) is 5.56 Å². The molecule has 108 valence electrons. The summed E-state index contributed by atoms with van der Waals surface area (Å²) in [5.74, 6) is 0.574. The van der Waals surface area contributed by atoms with Crippen LogP contribution >= 0.6 is 0 Å². The molecule has 0 atom stereocenters. The average Bonchev–Trinajstić information content (AvgIpc) is 2.92. The van der Waals surface area contributed by atoms with Gasteiger partial charge in [-0.1, -0.05) is 13.8 Å². The van der Waals surface area contributed by atoms with Gasteiger partial charge >= 0.3 is 0 Å². The lowest BCUT2D eigenvalue weighted by atomic mass is 10.1. The smallest absolute Gasteiger partial charge is 0.276 e. The van der Waals surface area contributed by atoms with Crippen LogP contribution in [0.4, 0.5) is 0 Å². The minimum Gasteiger partial charge on any atom is -0.312 e. The molecule has 3 aromatic heterocycles. The van der Waals surface area contributed by atoms with Crippen molar-refractivity contribution < 1.29 is 0 Å². The van der Waals surface area contributed by atoms with E-state index >= 15 is 0 Å². The van der Waals surface area contributed by atoms with Gasteiger partial charge < -0.3 is 4.57 Å². The van der Waals surface area contributed by atoms with Gasteiger partial charge in [0.2, 0.25) is 0 Å². The number of aromatic nitrogens is 4. The van der Waals surface area contributed by atoms with E-state index in [2.05, 4.69) is 23.9 Å². The van der Waals surface area contributed by atoms with E-state index in [9.17, 15) is 4.79 Å². The van der Waals surface area contributed by atoms with Gasteiger partial charge in [-0.2, -0.15) is 5.10 Å². The van der Waals surface area contributed by atoms with E-state index in [1.807, 2.05) is 24.4 Å². The number of nitrogens with zero attached hydrogens (tertiary/aromatic N) is 4. The van der Waals surface area contributed by atoms with Crippen LogP contribution in [-0.2, 0) is 6.54 Å². The minimum absolute atomic E-state index is 0.00551. The zero-order chi connectivity index (χ0) is 14.8. The molecule has 0 amide bonds. The van der Waals surface area contributed by atoms with Crippen molar-refractivity contribution in [3.63, 3.8) is 0 Å². The number of hydrogen-bond donors (Lipinski definition) is 0. The summed E-state index contributed by atoms with van der Waals surface area (Å²) in [6.45, 7) is 5.05. The summed E-state index contributed by atoms with van der Waals surface area (Å²) in [5.41, 5.74) is 2.36. The van der Waals surface area contributed by atoms with Crippen LogP contribution < -0.4 is 5.56 Å². The Morgan fingerprint density at radius 1 is 1.19 bits per heavy atom. The minimum atomic E-state index is 0.00551. The van der Waals surface area contributed by atoms with E-state index < -0.39 is 0 Å². The third kappa shape index (κ3) is 2.72. The molecule has 0 aliphatic carbocycles. The van der Waals surface area contributed by atoms with Gasteiger partial charge in [0.05, 0.1) is 5.69 Å². The summed E-state index contributed by atoms with van der Waals surface area (Å²) < 4.78 is 3.40. The summed E-state index contributed by atoms with van der Waals surface area (Å²) in [7, 11) is 0. The van der Waals surface area contributed by atoms with Crippen LogP contribution in [0.5, 0.6) is 0 Å². The second-order valence-corrected chi connectivity index (χ2v) is 5.57. The van der Waals surface area contributed by atoms with E-state index in [1.54, 1.807) is 27.7 Å². The molecule has 0 N–H and O–H groups in total. The van der Waals surface area contributed by atoms with Crippen molar-refractivity contribution in [2.24, 2.45) is 5.92 Å². The normalized spacial score (nSPS) is 11.4. The van der Waals surface area contributed by atoms with Gasteiger partial charge in [-0.15, -0.1) is 0 Å². The Balaban J connectivity index is 2.02. The first-order chi connectivity index (χ1) is 10.1. The van der Waals surface area contributed by atoms with Crippen LogP contribution in [0.15, 0.2) is 47.8 Å². The molecule has 0 saturated carbocycles. The molecule has 3 rings (SSSR count). The second kappa shape index (κ2) is 5.52. The fourth-order valence-electron chi connectivity index (χ4n) is 2.26. The highest BCUT2D eigenvalue weighted by atomic mass is 16.1. The molecule has 0 aliphatic rings. The maximum Gasteiger partial charge on any atom is 0.276 e. The standard InChI is InChI=1S/C16H18N4O/c1-12(2)5-8-19-9-10-20-15(16(19)21)11-14(18-20)13-3-6-17-7-4-13/h3-4,6-7,9-12H,5,8H2,1-2H3. The van der Waals surface area contributed by atoms with Crippen molar-refractivity contribution in [2.75, 3.05) is 0 Å². The molecule has 3 heterocycles. The quantitative estimate of drug-likeness (QED) is 0.739. The van der Waals surface area contributed by atoms with Gasteiger partial charge in [-0.05, 0) is 30.5 Å². The summed E-state index contributed by atoms with van der Waals surface area (Å²) in [6.07, 6.45) is 8.07. The van der Waals surface area contributed by atoms with Crippen molar-refractivity contribution >= 4 is 5.52 Å². The number of rotatable bonds is 4. The first-order valence-corrected chi connectivity index (χ1v) is 7.14. The molecule has 0 unspecified atom stereocenters. The van der Waals surface area contributed by atoms with Crippen LogP contribution in [0.1, 0.15) is 20.3 Å². The number of fused-ring (bicyclic) bond motifs is 1. The van der Waals surface area contributed by atoms with E-state index in [4.69, 9.17) is 0 Å². The molecule has 0 aliphatic heterocycles. The molecule has 0 radical (unpaired) electrons. The Morgan fingerprint density at radius 2 is 1.95 bits per heavy atom. The fraction of sp³-hybridized carbons (Fsp3) is 0.312. The lowest BCUT2D eigenvalue weighted by molar-refractivity contribution is 0.507. The third-order valence-electron chi connectivity index (χ3n) is 3.53. The Labute approximate surface area is 122 Å². The zero-order valence-corrected chi connectivity index (χ0v) is 12.2. The third-order valence-corrected chi connectivity index (χ3v) is 3.53. The van der Waals surface area contributed by atoms with Gasteiger partial charge in [0.25, 0.3) is 5.56 Å². The summed E-state index contributed by atoms with van der Waals surface area (Å²) >= 11 is 0. The van der Waals surface area contributed by atoms with Crippen molar-refractivity contribution in [1.82, 2.24) is 19.2 Å². The van der Waals surface area contributed by atoms with Crippen molar-refractivity contribution in [3.05, 3.63) is 53.3 Å². The predicted octanol–water partition coefficient (Wildman–Crippen LogP) is 2.60. The molecule has 0 saturated heterocycles. The number of aryl methyl sites for hydroxylation is 1. The molecule has 0 bridgehead atoms. The molecule has 0 aromatic carbocycles. The molecular formula is C16H18N4O. The average molecular weight is 282 g/mol. The van der Waals surface area contributed by atoms with Crippen molar-refractivity contribution in [1.29, 1.82) is 0 Å². The van der Waals surface area contributed by atoms with Crippen LogP contribution in [0.3, 0.4) is 0 Å². The largest absolute Gasteiger partial charge is 0.312 e. The topological polar surface area (TPSA) is 52.2 Å². The Morgan fingerprint density at radius 3 is 2.67 bits per heavy atom. The fourth-order valence-corrected chi connectivity index (χ4v) is 2.26. The predicted molar refractivity (Wildman–Crippen MR) is 82.1 cm³/mol. The molecule has 0 spiro atoms.